The maximum absolute atomic E-state index is 11.0. The average Bonchev–Trinajstić information content (AvgIpc) is 2.70. The van der Waals surface area contributed by atoms with Crippen molar-refractivity contribution >= 4 is 5.97 Å². The number of aromatic nitrogens is 2. The Bertz CT molecular complexity index is 428. The highest BCUT2D eigenvalue weighted by Crippen LogP contribution is 2.19. The minimum absolute atomic E-state index is 0.208. The molecule has 0 radical (unpaired) electrons. The third-order valence-corrected chi connectivity index (χ3v) is 3.62. The molecule has 1 atom stereocenters. The number of aliphatic carboxylic acids is 1. The zero-order valence-corrected chi connectivity index (χ0v) is 11.1. The number of carboxylic acids is 1. The summed E-state index contributed by atoms with van der Waals surface area (Å²) in [5, 5.41) is 13.5. The summed E-state index contributed by atoms with van der Waals surface area (Å²) in [6.45, 7) is 7.42. The molecule has 0 aromatic carbocycles. The summed E-state index contributed by atoms with van der Waals surface area (Å²) in [6, 6.07) is 0. The lowest BCUT2D eigenvalue weighted by molar-refractivity contribution is -0.143. The second-order valence-corrected chi connectivity index (χ2v) is 5.01. The van der Waals surface area contributed by atoms with E-state index in [4.69, 9.17) is 5.11 Å². The quantitative estimate of drug-likeness (QED) is 0.881. The van der Waals surface area contributed by atoms with E-state index in [1.807, 2.05) is 11.6 Å². The van der Waals surface area contributed by atoms with E-state index in [1.165, 1.54) is 5.56 Å². The monoisotopic (exact) mass is 251 g/mol. The molecule has 2 heterocycles. The van der Waals surface area contributed by atoms with E-state index in [-0.39, 0.29) is 5.92 Å². The van der Waals surface area contributed by atoms with Crippen molar-refractivity contribution in [2.24, 2.45) is 5.92 Å². The summed E-state index contributed by atoms with van der Waals surface area (Å²) in [5.74, 6) is -0.874. The number of hydrogen-bond acceptors (Lipinski definition) is 3. The Morgan fingerprint density at radius 1 is 1.61 bits per heavy atom. The van der Waals surface area contributed by atoms with Gasteiger partial charge in [0.1, 0.15) is 0 Å². The first-order valence-corrected chi connectivity index (χ1v) is 6.58. The zero-order chi connectivity index (χ0) is 13.1. The van der Waals surface area contributed by atoms with Crippen LogP contribution in [0.15, 0.2) is 6.20 Å². The summed E-state index contributed by atoms with van der Waals surface area (Å²) in [7, 11) is 0. The number of piperidine rings is 1. The Balaban J connectivity index is 2.00. The Kier molecular flexibility index (Phi) is 4.01. The number of rotatable bonds is 4. The first-order valence-electron chi connectivity index (χ1n) is 6.58. The fraction of sp³-hybridized carbons (Fsp3) is 0.692. The van der Waals surface area contributed by atoms with Gasteiger partial charge in [0, 0.05) is 31.4 Å². The van der Waals surface area contributed by atoms with Gasteiger partial charge in [0.15, 0.2) is 0 Å². The molecule has 1 aromatic rings. The molecular weight excluding hydrogens is 230 g/mol. The van der Waals surface area contributed by atoms with E-state index in [1.54, 1.807) is 0 Å². The summed E-state index contributed by atoms with van der Waals surface area (Å²) < 4.78 is 1.93. The molecule has 0 bridgehead atoms. The fourth-order valence-corrected chi connectivity index (χ4v) is 2.52. The lowest BCUT2D eigenvalue weighted by Gasteiger charge is -2.30. The van der Waals surface area contributed by atoms with Gasteiger partial charge in [0.05, 0.1) is 11.6 Å². The lowest BCUT2D eigenvalue weighted by Crippen LogP contribution is -2.38. The van der Waals surface area contributed by atoms with Gasteiger partial charge in [0.25, 0.3) is 0 Å². The molecule has 0 amide bonds. The summed E-state index contributed by atoms with van der Waals surface area (Å²) in [5.41, 5.74) is 2.26. The first-order chi connectivity index (χ1) is 8.60. The molecule has 2 rings (SSSR count). The van der Waals surface area contributed by atoms with Crippen LogP contribution in [0.4, 0.5) is 0 Å². The maximum Gasteiger partial charge on any atom is 0.307 e. The van der Waals surface area contributed by atoms with E-state index in [0.717, 1.165) is 38.2 Å². The molecule has 1 aromatic heterocycles. The molecule has 5 heteroatoms. The van der Waals surface area contributed by atoms with E-state index >= 15 is 0 Å². The van der Waals surface area contributed by atoms with Crippen molar-refractivity contribution in [3.8, 4) is 0 Å². The van der Waals surface area contributed by atoms with E-state index in [0.29, 0.717) is 6.54 Å². The summed E-state index contributed by atoms with van der Waals surface area (Å²) in [4.78, 5) is 13.3. The van der Waals surface area contributed by atoms with Gasteiger partial charge in [-0.15, -0.1) is 0 Å². The molecule has 0 saturated carbocycles. The van der Waals surface area contributed by atoms with Gasteiger partial charge in [-0.25, -0.2) is 0 Å². The highest BCUT2D eigenvalue weighted by Gasteiger charge is 2.25. The average molecular weight is 251 g/mol. The van der Waals surface area contributed by atoms with Crippen molar-refractivity contribution in [1.82, 2.24) is 14.7 Å². The molecule has 1 saturated heterocycles. The van der Waals surface area contributed by atoms with Gasteiger partial charge in [-0.3, -0.25) is 14.4 Å². The van der Waals surface area contributed by atoms with Gasteiger partial charge < -0.3 is 5.11 Å². The molecule has 1 unspecified atom stereocenters. The molecule has 1 aliphatic heterocycles. The number of carboxylic acid groups (broad SMARTS) is 1. The van der Waals surface area contributed by atoms with Crippen LogP contribution in [-0.4, -0.2) is 38.8 Å². The van der Waals surface area contributed by atoms with Crippen molar-refractivity contribution in [1.29, 1.82) is 0 Å². The van der Waals surface area contributed by atoms with Crippen LogP contribution in [0.2, 0.25) is 0 Å². The van der Waals surface area contributed by atoms with Crippen LogP contribution in [0, 0.1) is 12.8 Å². The minimum atomic E-state index is -0.666. The largest absolute Gasteiger partial charge is 0.481 e. The fourth-order valence-electron chi connectivity index (χ4n) is 2.52. The summed E-state index contributed by atoms with van der Waals surface area (Å²) >= 11 is 0. The predicted molar refractivity (Wildman–Crippen MR) is 68.3 cm³/mol. The van der Waals surface area contributed by atoms with Crippen molar-refractivity contribution in [2.75, 3.05) is 13.1 Å². The molecule has 1 fully saturated rings. The number of likely N-dealkylation sites (tertiary alicyclic amines) is 1. The zero-order valence-electron chi connectivity index (χ0n) is 11.1. The number of carbonyl (C=O) groups is 1. The van der Waals surface area contributed by atoms with E-state index < -0.39 is 5.97 Å². The molecule has 0 spiro atoms. The number of hydrogen-bond donors (Lipinski definition) is 1. The van der Waals surface area contributed by atoms with Crippen LogP contribution in [0.25, 0.3) is 0 Å². The lowest BCUT2D eigenvalue weighted by atomic mass is 9.98. The number of nitrogens with zero attached hydrogens (tertiary/aromatic N) is 3. The second kappa shape index (κ2) is 5.52. The molecule has 5 nitrogen and oxygen atoms in total. The first kappa shape index (κ1) is 13.1. The van der Waals surface area contributed by atoms with Crippen molar-refractivity contribution in [3.63, 3.8) is 0 Å². The number of aryl methyl sites for hydroxylation is 2. The minimum Gasteiger partial charge on any atom is -0.481 e. The van der Waals surface area contributed by atoms with Crippen LogP contribution >= 0.6 is 0 Å². The molecule has 0 aliphatic carbocycles. The predicted octanol–water partition coefficient (Wildman–Crippen LogP) is 1.51. The van der Waals surface area contributed by atoms with Crippen molar-refractivity contribution in [3.05, 3.63) is 17.5 Å². The van der Waals surface area contributed by atoms with Gasteiger partial charge >= 0.3 is 5.97 Å². The second-order valence-electron chi connectivity index (χ2n) is 5.01. The molecular formula is C13H21N3O2. The molecule has 18 heavy (non-hydrogen) atoms. The standard InChI is InChI=1S/C13H21N3O2/c1-3-16-9-12(10(2)14-16)8-15-6-4-5-11(7-15)13(17)18/h9,11H,3-8H2,1-2H3,(H,17,18). The molecule has 1 aliphatic rings. The van der Waals surface area contributed by atoms with Crippen LogP contribution in [0.5, 0.6) is 0 Å². The SMILES string of the molecule is CCn1cc(CN2CCCC(C(=O)O)C2)c(C)n1. The third kappa shape index (κ3) is 2.90. The molecule has 100 valence electrons. The Hall–Kier alpha value is -1.36. The highest BCUT2D eigenvalue weighted by molar-refractivity contribution is 5.70. The topological polar surface area (TPSA) is 58.4 Å². The van der Waals surface area contributed by atoms with Gasteiger partial charge in [-0.05, 0) is 33.2 Å². The smallest absolute Gasteiger partial charge is 0.307 e. The van der Waals surface area contributed by atoms with Gasteiger partial charge in [0.2, 0.25) is 0 Å². The molecule has 1 N–H and O–H groups in total. The Morgan fingerprint density at radius 3 is 3.00 bits per heavy atom. The third-order valence-electron chi connectivity index (χ3n) is 3.62. The van der Waals surface area contributed by atoms with Crippen LogP contribution < -0.4 is 0 Å². The van der Waals surface area contributed by atoms with Gasteiger partial charge in [-0.1, -0.05) is 0 Å². The van der Waals surface area contributed by atoms with Gasteiger partial charge in [-0.2, -0.15) is 5.10 Å². The van der Waals surface area contributed by atoms with E-state index in [2.05, 4.69) is 23.1 Å². The van der Waals surface area contributed by atoms with Crippen molar-refractivity contribution in [2.45, 2.75) is 39.8 Å². The Morgan fingerprint density at radius 2 is 2.39 bits per heavy atom. The summed E-state index contributed by atoms with van der Waals surface area (Å²) in [6.07, 6.45) is 3.84. The highest BCUT2D eigenvalue weighted by atomic mass is 16.4. The normalized spacial score (nSPS) is 21.1. The Labute approximate surface area is 107 Å². The maximum atomic E-state index is 11.0. The van der Waals surface area contributed by atoms with Crippen LogP contribution in [-0.2, 0) is 17.9 Å². The van der Waals surface area contributed by atoms with Crippen molar-refractivity contribution < 1.29 is 9.90 Å². The van der Waals surface area contributed by atoms with E-state index in [9.17, 15) is 4.79 Å². The van der Waals surface area contributed by atoms with Crippen LogP contribution in [0.3, 0.4) is 0 Å². The van der Waals surface area contributed by atoms with Crippen LogP contribution in [0.1, 0.15) is 31.0 Å².